The lowest BCUT2D eigenvalue weighted by atomic mass is 9.90. The minimum absolute atomic E-state index is 0.00353. The number of carbonyl (C=O) groups is 2. The van der Waals surface area contributed by atoms with Crippen molar-refractivity contribution in [2.75, 3.05) is 13.7 Å². The van der Waals surface area contributed by atoms with Gasteiger partial charge >= 0.3 is 12.6 Å². The van der Waals surface area contributed by atoms with Crippen LogP contribution in [0.15, 0.2) is 18.2 Å². The number of ether oxygens (including phenoxy) is 2. The lowest BCUT2D eigenvalue weighted by Gasteiger charge is -2.19. The Hall–Kier alpha value is -2.38. The van der Waals surface area contributed by atoms with E-state index in [0.717, 1.165) is 0 Å². The molecule has 0 atom stereocenters. The molecule has 1 rings (SSSR count). The van der Waals surface area contributed by atoms with Gasteiger partial charge in [-0.05, 0) is 38.5 Å². The van der Waals surface area contributed by atoms with Crippen molar-refractivity contribution in [3.05, 3.63) is 23.8 Å². The summed E-state index contributed by atoms with van der Waals surface area (Å²) in [5.74, 6) is -1.59. The van der Waals surface area contributed by atoms with E-state index in [0.29, 0.717) is 0 Å². The molecule has 0 saturated carbocycles. The van der Waals surface area contributed by atoms with Crippen LogP contribution < -0.4 is 14.8 Å². The summed E-state index contributed by atoms with van der Waals surface area (Å²) in [6.45, 7) is 0.277. The molecule has 0 unspecified atom stereocenters. The molecule has 0 bridgehead atoms. The van der Waals surface area contributed by atoms with Gasteiger partial charge in [-0.25, -0.2) is 0 Å². The minimum Gasteiger partial charge on any atom is -0.493 e. The number of carboxylic acids is 1. The molecule has 0 saturated heterocycles. The summed E-state index contributed by atoms with van der Waals surface area (Å²) in [4.78, 5) is 23.0. The van der Waals surface area contributed by atoms with Gasteiger partial charge in [-0.15, -0.1) is 0 Å². The highest BCUT2D eigenvalue weighted by Gasteiger charge is 2.26. The topological polar surface area (TPSA) is 84.9 Å². The number of carbonyl (C=O) groups excluding carboxylic acids is 1. The fourth-order valence-electron chi connectivity index (χ4n) is 1.70. The third-order valence-corrected chi connectivity index (χ3v) is 3.26. The molecule has 6 nitrogen and oxygen atoms in total. The summed E-state index contributed by atoms with van der Waals surface area (Å²) in [5, 5.41) is 11.6. The van der Waals surface area contributed by atoms with Crippen LogP contribution in [0.4, 0.5) is 8.78 Å². The van der Waals surface area contributed by atoms with Crippen molar-refractivity contribution in [2.24, 2.45) is 5.41 Å². The second-order valence-electron chi connectivity index (χ2n) is 5.44. The minimum atomic E-state index is -3.00. The molecule has 0 aromatic heterocycles. The number of halogens is 2. The Balaban J connectivity index is 2.72. The quantitative estimate of drug-likeness (QED) is 0.764. The molecular formula is C15H19F2NO5. The number of amides is 1. The average molecular weight is 331 g/mol. The van der Waals surface area contributed by atoms with E-state index in [1.54, 1.807) is 13.8 Å². The zero-order valence-corrected chi connectivity index (χ0v) is 13.1. The first-order valence-corrected chi connectivity index (χ1v) is 6.82. The van der Waals surface area contributed by atoms with Crippen LogP contribution in [0.1, 0.15) is 30.6 Å². The Labute approximate surface area is 132 Å². The van der Waals surface area contributed by atoms with E-state index in [4.69, 9.17) is 9.84 Å². The second-order valence-corrected chi connectivity index (χ2v) is 5.44. The van der Waals surface area contributed by atoms with Crippen molar-refractivity contribution in [2.45, 2.75) is 26.9 Å². The molecule has 1 amide bonds. The van der Waals surface area contributed by atoms with Gasteiger partial charge in [-0.3, -0.25) is 9.59 Å². The fraction of sp³-hybridized carbons (Fsp3) is 0.467. The smallest absolute Gasteiger partial charge is 0.387 e. The normalized spacial score (nSPS) is 11.2. The molecule has 8 heteroatoms. The third-order valence-electron chi connectivity index (χ3n) is 3.26. The third kappa shape index (κ3) is 5.39. The lowest BCUT2D eigenvalue weighted by Crippen LogP contribution is -2.31. The molecule has 0 aliphatic heterocycles. The van der Waals surface area contributed by atoms with E-state index in [1.165, 1.54) is 25.3 Å². The Bertz CT molecular complexity index is 575. The Morgan fingerprint density at radius 1 is 1.30 bits per heavy atom. The molecule has 0 radical (unpaired) electrons. The number of hydrogen-bond acceptors (Lipinski definition) is 4. The van der Waals surface area contributed by atoms with Crippen LogP contribution in [0.5, 0.6) is 11.5 Å². The van der Waals surface area contributed by atoms with Crippen molar-refractivity contribution in [3.8, 4) is 11.5 Å². The van der Waals surface area contributed by atoms with Gasteiger partial charge < -0.3 is 19.9 Å². The van der Waals surface area contributed by atoms with E-state index in [9.17, 15) is 18.4 Å². The predicted molar refractivity (Wildman–Crippen MR) is 78.0 cm³/mol. The van der Waals surface area contributed by atoms with Crippen molar-refractivity contribution in [1.82, 2.24) is 5.32 Å². The highest BCUT2D eigenvalue weighted by atomic mass is 19.3. The highest BCUT2D eigenvalue weighted by molar-refractivity contribution is 5.94. The molecule has 0 fully saturated rings. The molecule has 0 aliphatic carbocycles. The van der Waals surface area contributed by atoms with Crippen LogP contribution in [0, 0.1) is 5.41 Å². The standard InChI is InChI=1S/C15H19F2NO5/c1-15(2,13(20)21)6-7-18-12(19)9-4-5-10(23-14(16)17)11(8-9)22-3/h4-5,8,14H,6-7H2,1-3H3,(H,18,19)(H,20,21). The number of carboxylic acid groups (broad SMARTS) is 1. The van der Waals surface area contributed by atoms with Gasteiger partial charge in [0.15, 0.2) is 11.5 Å². The molecule has 0 aliphatic rings. The largest absolute Gasteiger partial charge is 0.493 e. The molecule has 0 spiro atoms. The number of methoxy groups -OCH3 is 1. The first-order valence-electron chi connectivity index (χ1n) is 6.82. The monoisotopic (exact) mass is 331 g/mol. The van der Waals surface area contributed by atoms with Crippen molar-refractivity contribution >= 4 is 11.9 Å². The predicted octanol–water partition coefficient (Wildman–Crippen LogP) is 2.53. The van der Waals surface area contributed by atoms with E-state index in [1.807, 2.05) is 0 Å². The number of alkyl halides is 2. The molecule has 128 valence electrons. The number of rotatable bonds is 8. The van der Waals surface area contributed by atoms with Gasteiger partial charge in [0.1, 0.15) is 0 Å². The average Bonchev–Trinajstić information content (AvgIpc) is 2.46. The maximum absolute atomic E-state index is 12.2. The zero-order chi connectivity index (χ0) is 17.6. The number of hydrogen-bond donors (Lipinski definition) is 2. The van der Waals surface area contributed by atoms with Crippen LogP contribution >= 0.6 is 0 Å². The maximum atomic E-state index is 12.2. The van der Waals surface area contributed by atoms with E-state index < -0.39 is 23.9 Å². The SMILES string of the molecule is COc1cc(C(=O)NCCC(C)(C)C(=O)O)ccc1OC(F)F. The molecule has 1 aromatic rings. The van der Waals surface area contributed by atoms with Crippen molar-refractivity contribution in [1.29, 1.82) is 0 Å². The van der Waals surface area contributed by atoms with Gasteiger partial charge in [0, 0.05) is 12.1 Å². The van der Waals surface area contributed by atoms with Gasteiger partial charge in [0.25, 0.3) is 5.91 Å². The van der Waals surface area contributed by atoms with Crippen LogP contribution in [-0.2, 0) is 4.79 Å². The van der Waals surface area contributed by atoms with Crippen LogP contribution in [0.3, 0.4) is 0 Å². The van der Waals surface area contributed by atoms with Crippen LogP contribution in [-0.4, -0.2) is 37.2 Å². The molecule has 23 heavy (non-hydrogen) atoms. The van der Waals surface area contributed by atoms with Crippen LogP contribution in [0.2, 0.25) is 0 Å². The van der Waals surface area contributed by atoms with Gasteiger partial charge in [0.05, 0.1) is 12.5 Å². The first kappa shape index (κ1) is 18.7. The summed E-state index contributed by atoms with van der Waals surface area (Å²) in [5.41, 5.74) is -0.767. The van der Waals surface area contributed by atoms with Gasteiger partial charge in [-0.2, -0.15) is 8.78 Å². The summed E-state index contributed by atoms with van der Waals surface area (Å²) < 4.78 is 33.6. The van der Waals surface area contributed by atoms with E-state index in [2.05, 4.69) is 10.1 Å². The van der Waals surface area contributed by atoms with Gasteiger partial charge in [-0.1, -0.05) is 0 Å². The lowest BCUT2D eigenvalue weighted by molar-refractivity contribution is -0.147. The van der Waals surface area contributed by atoms with E-state index in [-0.39, 0.29) is 30.0 Å². The number of aliphatic carboxylic acids is 1. The van der Waals surface area contributed by atoms with E-state index >= 15 is 0 Å². The Kier molecular flexibility index (Phi) is 6.29. The molecular weight excluding hydrogens is 312 g/mol. The highest BCUT2D eigenvalue weighted by Crippen LogP contribution is 2.29. The number of benzene rings is 1. The summed E-state index contributed by atoms with van der Waals surface area (Å²) in [6.07, 6.45) is 0.248. The fourth-order valence-corrected chi connectivity index (χ4v) is 1.70. The second kappa shape index (κ2) is 7.75. The Morgan fingerprint density at radius 2 is 1.96 bits per heavy atom. The maximum Gasteiger partial charge on any atom is 0.387 e. The molecule has 2 N–H and O–H groups in total. The molecule has 1 aromatic carbocycles. The van der Waals surface area contributed by atoms with Crippen molar-refractivity contribution in [3.63, 3.8) is 0 Å². The molecule has 0 heterocycles. The summed E-state index contributed by atoms with van der Waals surface area (Å²) in [6, 6.07) is 3.80. The number of nitrogens with one attached hydrogen (secondary N) is 1. The van der Waals surface area contributed by atoms with Crippen LogP contribution in [0.25, 0.3) is 0 Å². The van der Waals surface area contributed by atoms with Gasteiger partial charge in [0.2, 0.25) is 0 Å². The zero-order valence-electron chi connectivity index (χ0n) is 13.1. The summed E-state index contributed by atoms with van der Waals surface area (Å²) >= 11 is 0. The summed E-state index contributed by atoms with van der Waals surface area (Å²) in [7, 11) is 1.27. The Morgan fingerprint density at radius 3 is 2.48 bits per heavy atom. The van der Waals surface area contributed by atoms with Crippen molar-refractivity contribution < 1.29 is 33.0 Å². The first-order chi connectivity index (χ1) is 10.7.